The Hall–Kier alpha value is -1.07. The van der Waals surface area contributed by atoms with E-state index in [1.165, 1.54) is 42.7 Å². The van der Waals surface area contributed by atoms with E-state index < -0.39 is 0 Å². The van der Waals surface area contributed by atoms with Crippen LogP contribution in [0.5, 0.6) is 0 Å². The zero-order valence-corrected chi connectivity index (χ0v) is 15.3. The zero-order chi connectivity index (χ0) is 16.1. The summed E-state index contributed by atoms with van der Waals surface area (Å²) in [6.07, 6.45) is 5.69. The van der Waals surface area contributed by atoms with Gasteiger partial charge in [-0.1, -0.05) is 0 Å². The molecule has 1 aromatic heterocycles. The maximum atomic E-state index is 4.73. The summed E-state index contributed by atoms with van der Waals surface area (Å²) >= 11 is 1.79. The van der Waals surface area contributed by atoms with Gasteiger partial charge in [0.15, 0.2) is 5.96 Å². The summed E-state index contributed by atoms with van der Waals surface area (Å²) < 4.78 is 0. The van der Waals surface area contributed by atoms with E-state index in [4.69, 9.17) is 4.99 Å². The Morgan fingerprint density at radius 3 is 2.74 bits per heavy atom. The number of aliphatic imine (C=N–C) groups is 1. The predicted molar refractivity (Wildman–Crippen MR) is 99.2 cm³/mol. The van der Waals surface area contributed by atoms with Gasteiger partial charge in [-0.2, -0.15) is 0 Å². The van der Waals surface area contributed by atoms with Gasteiger partial charge in [0.25, 0.3) is 0 Å². The first-order chi connectivity index (χ1) is 11.3. The molecule has 2 saturated carbocycles. The Kier molecular flexibility index (Phi) is 5.95. The summed E-state index contributed by atoms with van der Waals surface area (Å²) in [7, 11) is 0. The third-order valence-electron chi connectivity index (χ3n) is 4.64. The maximum Gasteiger partial charge on any atom is 0.191 e. The Labute approximate surface area is 144 Å². The summed E-state index contributed by atoms with van der Waals surface area (Å²) in [5, 5.41) is 9.02. The number of thiophene rings is 1. The lowest BCUT2D eigenvalue weighted by Gasteiger charge is -2.22. The summed E-state index contributed by atoms with van der Waals surface area (Å²) in [5.41, 5.74) is 1.35. The van der Waals surface area contributed by atoms with Crippen LogP contribution >= 0.6 is 11.3 Å². The van der Waals surface area contributed by atoms with Crippen molar-refractivity contribution in [1.82, 2.24) is 15.5 Å². The van der Waals surface area contributed by atoms with Crippen molar-refractivity contribution in [2.45, 2.75) is 52.1 Å². The molecule has 1 heterocycles. The van der Waals surface area contributed by atoms with Crippen LogP contribution in [0, 0.1) is 12.8 Å². The lowest BCUT2D eigenvalue weighted by atomic mass is 10.3. The van der Waals surface area contributed by atoms with Gasteiger partial charge in [0, 0.05) is 37.1 Å². The van der Waals surface area contributed by atoms with Gasteiger partial charge in [0.1, 0.15) is 0 Å². The van der Waals surface area contributed by atoms with Crippen LogP contribution in [0.4, 0.5) is 0 Å². The number of hydrogen-bond acceptors (Lipinski definition) is 3. The molecule has 0 aliphatic heterocycles. The van der Waals surface area contributed by atoms with Crippen molar-refractivity contribution >= 4 is 17.3 Å². The first-order valence-electron chi connectivity index (χ1n) is 9.05. The molecule has 1 aromatic rings. The molecule has 0 radical (unpaired) electrons. The molecule has 128 valence electrons. The Bertz CT molecular complexity index is 517. The molecule has 0 spiro atoms. The first-order valence-corrected chi connectivity index (χ1v) is 9.93. The second-order valence-corrected chi connectivity index (χ2v) is 7.82. The van der Waals surface area contributed by atoms with Crippen LogP contribution in [0.3, 0.4) is 0 Å². The van der Waals surface area contributed by atoms with Crippen LogP contribution in [-0.2, 0) is 6.54 Å². The molecule has 23 heavy (non-hydrogen) atoms. The van der Waals surface area contributed by atoms with E-state index in [-0.39, 0.29) is 0 Å². The van der Waals surface area contributed by atoms with Crippen LogP contribution in [0.2, 0.25) is 0 Å². The monoisotopic (exact) mass is 334 g/mol. The molecule has 0 atom stereocenters. The molecule has 0 aromatic carbocycles. The van der Waals surface area contributed by atoms with E-state index in [1.807, 2.05) is 0 Å². The van der Waals surface area contributed by atoms with Crippen molar-refractivity contribution in [1.29, 1.82) is 0 Å². The molecule has 0 saturated heterocycles. The molecule has 2 fully saturated rings. The third kappa shape index (κ3) is 5.50. The highest BCUT2D eigenvalue weighted by molar-refractivity contribution is 7.10. The standard InChI is InChI=1S/C18H30N4S/c1-3-19-18(21-12-17-14(2)8-11-23-17)20-9-10-22(16-6-7-16)13-15-4-5-15/h8,11,15-16H,3-7,9-10,12-13H2,1-2H3,(H2,19,20,21). The largest absolute Gasteiger partial charge is 0.357 e. The van der Waals surface area contributed by atoms with Gasteiger partial charge in [0.05, 0.1) is 6.54 Å². The van der Waals surface area contributed by atoms with Gasteiger partial charge >= 0.3 is 0 Å². The molecule has 3 rings (SSSR count). The highest BCUT2D eigenvalue weighted by Gasteiger charge is 2.33. The number of nitrogens with zero attached hydrogens (tertiary/aromatic N) is 2. The summed E-state index contributed by atoms with van der Waals surface area (Å²) in [6, 6.07) is 3.03. The van der Waals surface area contributed by atoms with Gasteiger partial charge in [-0.15, -0.1) is 11.3 Å². The molecule has 2 aliphatic rings. The van der Waals surface area contributed by atoms with Crippen LogP contribution in [-0.4, -0.2) is 43.1 Å². The number of nitrogens with one attached hydrogen (secondary N) is 2. The number of hydrogen-bond donors (Lipinski definition) is 2. The van der Waals surface area contributed by atoms with E-state index in [2.05, 4.69) is 40.8 Å². The van der Waals surface area contributed by atoms with Crippen molar-refractivity contribution < 1.29 is 0 Å². The van der Waals surface area contributed by atoms with Crippen molar-refractivity contribution in [2.24, 2.45) is 10.9 Å². The smallest absolute Gasteiger partial charge is 0.191 e. The molecule has 0 bridgehead atoms. The van der Waals surface area contributed by atoms with Gasteiger partial charge < -0.3 is 10.6 Å². The van der Waals surface area contributed by atoms with Crippen LogP contribution in [0.25, 0.3) is 0 Å². The Morgan fingerprint density at radius 1 is 1.30 bits per heavy atom. The number of rotatable bonds is 9. The zero-order valence-electron chi connectivity index (χ0n) is 14.5. The van der Waals surface area contributed by atoms with Crippen LogP contribution in [0.1, 0.15) is 43.0 Å². The highest BCUT2D eigenvalue weighted by atomic mass is 32.1. The molecule has 2 aliphatic carbocycles. The number of aryl methyl sites for hydroxylation is 1. The highest BCUT2D eigenvalue weighted by Crippen LogP contribution is 2.34. The summed E-state index contributed by atoms with van der Waals surface area (Å²) in [6.45, 7) is 9.40. The minimum Gasteiger partial charge on any atom is -0.357 e. The molecular formula is C18H30N4S. The van der Waals surface area contributed by atoms with Crippen molar-refractivity contribution in [3.05, 3.63) is 21.9 Å². The van der Waals surface area contributed by atoms with E-state index >= 15 is 0 Å². The molecule has 2 N–H and O–H groups in total. The fourth-order valence-electron chi connectivity index (χ4n) is 2.87. The third-order valence-corrected chi connectivity index (χ3v) is 5.65. The lowest BCUT2D eigenvalue weighted by molar-refractivity contribution is 0.256. The second kappa shape index (κ2) is 8.15. The molecular weight excluding hydrogens is 304 g/mol. The minimum absolute atomic E-state index is 0.771. The normalized spacial score (nSPS) is 18.5. The molecule has 0 unspecified atom stereocenters. The molecule has 4 nitrogen and oxygen atoms in total. The lowest BCUT2D eigenvalue weighted by Crippen LogP contribution is -2.42. The molecule has 5 heteroatoms. The average molecular weight is 335 g/mol. The topological polar surface area (TPSA) is 39.7 Å². The Morgan fingerprint density at radius 2 is 2.13 bits per heavy atom. The van der Waals surface area contributed by atoms with E-state index in [0.717, 1.165) is 44.1 Å². The van der Waals surface area contributed by atoms with E-state index in [9.17, 15) is 0 Å². The van der Waals surface area contributed by atoms with E-state index in [1.54, 1.807) is 11.3 Å². The summed E-state index contributed by atoms with van der Waals surface area (Å²) in [4.78, 5) is 8.78. The van der Waals surface area contributed by atoms with Crippen molar-refractivity contribution in [3.63, 3.8) is 0 Å². The average Bonchev–Trinajstić information content (AvgIpc) is 3.43. The van der Waals surface area contributed by atoms with Gasteiger partial charge in [-0.25, -0.2) is 4.99 Å². The van der Waals surface area contributed by atoms with Crippen LogP contribution in [0.15, 0.2) is 16.4 Å². The fraction of sp³-hybridized carbons (Fsp3) is 0.722. The van der Waals surface area contributed by atoms with Crippen LogP contribution < -0.4 is 10.6 Å². The SMILES string of the molecule is CCNC(=NCc1sccc1C)NCCN(CC1CC1)C1CC1. The maximum absolute atomic E-state index is 4.73. The number of guanidine groups is 1. The van der Waals surface area contributed by atoms with Gasteiger partial charge in [-0.05, 0) is 62.5 Å². The van der Waals surface area contributed by atoms with Gasteiger partial charge in [0.2, 0.25) is 0 Å². The fourth-order valence-corrected chi connectivity index (χ4v) is 3.70. The molecule has 0 amide bonds. The minimum atomic E-state index is 0.771. The summed E-state index contributed by atoms with van der Waals surface area (Å²) in [5.74, 6) is 1.93. The second-order valence-electron chi connectivity index (χ2n) is 6.82. The first kappa shape index (κ1) is 16.8. The van der Waals surface area contributed by atoms with E-state index in [0.29, 0.717) is 0 Å². The predicted octanol–water partition coefficient (Wildman–Crippen LogP) is 2.99. The van der Waals surface area contributed by atoms with Crippen molar-refractivity contribution in [2.75, 3.05) is 26.2 Å². The quantitative estimate of drug-likeness (QED) is 0.539. The van der Waals surface area contributed by atoms with Gasteiger partial charge in [-0.3, -0.25) is 4.90 Å². The Balaban J connectivity index is 1.45. The van der Waals surface area contributed by atoms with Crippen molar-refractivity contribution in [3.8, 4) is 0 Å².